The Bertz CT molecular complexity index is 462. The van der Waals surface area contributed by atoms with E-state index in [1.54, 1.807) is 14.2 Å². The molecule has 1 heterocycles. The van der Waals surface area contributed by atoms with Crippen LogP contribution < -0.4 is 20.1 Å². The lowest BCUT2D eigenvalue weighted by Gasteiger charge is -2.21. The molecule has 5 nitrogen and oxygen atoms in total. The second-order valence-electron chi connectivity index (χ2n) is 4.93. The summed E-state index contributed by atoms with van der Waals surface area (Å²) >= 11 is 0. The average Bonchev–Trinajstić information content (AvgIpc) is 2.53. The first-order chi connectivity index (χ1) is 9.74. The van der Waals surface area contributed by atoms with Gasteiger partial charge in [0.1, 0.15) is 0 Å². The zero-order valence-corrected chi connectivity index (χ0v) is 13.3. The Balaban J connectivity index is 0.00000220. The minimum atomic E-state index is 0. The maximum absolute atomic E-state index is 12.1. The third-order valence-corrected chi connectivity index (χ3v) is 3.62. The van der Waals surface area contributed by atoms with Crippen LogP contribution in [0.3, 0.4) is 0 Å². The average molecular weight is 315 g/mol. The number of nitrogens with one attached hydrogen (secondary N) is 2. The zero-order chi connectivity index (χ0) is 14.4. The molecule has 2 N–H and O–H groups in total. The first kappa shape index (κ1) is 17.6. The van der Waals surface area contributed by atoms with Crippen LogP contribution in [0, 0.1) is 5.92 Å². The lowest BCUT2D eigenvalue weighted by atomic mass is 9.97. The number of methoxy groups -OCH3 is 2. The summed E-state index contributed by atoms with van der Waals surface area (Å²) in [5.41, 5.74) is 1.00. The van der Waals surface area contributed by atoms with Gasteiger partial charge in [-0.2, -0.15) is 0 Å². The molecule has 0 aromatic heterocycles. The normalized spacial score (nSPS) is 15.0. The fourth-order valence-electron chi connectivity index (χ4n) is 2.41. The van der Waals surface area contributed by atoms with E-state index < -0.39 is 0 Å². The van der Waals surface area contributed by atoms with E-state index in [1.807, 2.05) is 18.2 Å². The van der Waals surface area contributed by atoms with E-state index in [1.165, 1.54) is 0 Å². The predicted octanol–water partition coefficient (Wildman–Crippen LogP) is 1.74. The second kappa shape index (κ2) is 8.74. The predicted molar refractivity (Wildman–Crippen MR) is 84.2 cm³/mol. The molecular formula is C15H23ClN2O3. The number of amides is 1. The molecule has 0 atom stereocenters. The standard InChI is InChI=1S/C15H22N2O3.ClH/c1-19-13-4-3-11(9-14(13)20-2)10-17-15(18)12-5-7-16-8-6-12;/h3-4,9,12,16H,5-8,10H2,1-2H3,(H,17,18);1H. The van der Waals surface area contributed by atoms with Crippen molar-refractivity contribution < 1.29 is 14.3 Å². The van der Waals surface area contributed by atoms with Gasteiger partial charge in [-0.1, -0.05) is 6.07 Å². The van der Waals surface area contributed by atoms with Gasteiger partial charge < -0.3 is 20.1 Å². The summed E-state index contributed by atoms with van der Waals surface area (Å²) in [5, 5.41) is 6.26. The Kier molecular flexibility index (Phi) is 7.32. The molecule has 2 rings (SSSR count). The second-order valence-corrected chi connectivity index (χ2v) is 4.93. The highest BCUT2D eigenvalue weighted by atomic mass is 35.5. The molecule has 1 amide bonds. The van der Waals surface area contributed by atoms with Crippen LogP contribution in [0.5, 0.6) is 11.5 Å². The highest BCUT2D eigenvalue weighted by Crippen LogP contribution is 2.27. The molecule has 1 aliphatic heterocycles. The van der Waals surface area contributed by atoms with Crippen molar-refractivity contribution in [2.75, 3.05) is 27.3 Å². The van der Waals surface area contributed by atoms with E-state index in [-0.39, 0.29) is 24.2 Å². The topological polar surface area (TPSA) is 59.6 Å². The Labute approximate surface area is 131 Å². The van der Waals surface area contributed by atoms with Gasteiger partial charge in [0.15, 0.2) is 11.5 Å². The first-order valence-corrected chi connectivity index (χ1v) is 6.94. The summed E-state index contributed by atoms with van der Waals surface area (Å²) in [6.45, 7) is 2.37. The SMILES string of the molecule is COc1ccc(CNC(=O)C2CCNCC2)cc1OC.Cl. The minimum Gasteiger partial charge on any atom is -0.493 e. The van der Waals surface area contributed by atoms with Crippen LogP contribution in [0.25, 0.3) is 0 Å². The molecule has 118 valence electrons. The van der Waals surface area contributed by atoms with Gasteiger partial charge in [-0.25, -0.2) is 0 Å². The number of rotatable bonds is 5. The van der Waals surface area contributed by atoms with Crippen LogP contribution in [0.4, 0.5) is 0 Å². The van der Waals surface area contributed by atoms with Crippen molar-refractivity contribution in [1.29, 1.82) is 0 Å². The highest BCUT2D eigenvalue weighted by molar-refractivity contribution is 5.85. The third kappa shape index (κ3) is 4.79. The molecule has 6 heteroatoms. The number of halogens is 1. The summed E-state index contributed by atoms with van der Waals surface area (Å²) in [4.78, 5) is 12.1. The maximum Gasteiger partial charge on any atom is 0.223 e. The minimum absolute atomic E-state index is 0. The molecule has 1 aliphatic rings. The Hall–Kier alpha value is -1.46. The van der Waals surface area contributed by atoms with Gasteiger partial charge >= 0.3 is 0 Å². The molecule has 1 aromatic rings. The van der Waals surface area contributed by atoms with Gasteiger partial charge in [-0.3, -0.25) is 4.79 Å². The molecule has 0 aliphatic carbocycles. The maximum atomic E-state index is 12.1. The van der Waals surface area contributed by atoms with Crippen molar-refractivity contribution in [3.63, 3.8) is 0 Å². The number of hydrogen-bond acceptors (Lipinski definition) is 4. The van der Waals surface area contributed by atoms with E-state index in [0.29, 0.717) is 18.0 Å². The van der Waals surface area contributed by atoms with Crippen LogP contribution in [0.2, 0.25) is 0 Å². The molecule has 1 saturated heterocycles. The third-order valence-electron chi connectivity index (χ3n) is 3.62. The molecule has 0 bridgehead atoms. The van der Waals surface area contributed by atoms with E-state index in [0.717, 1.165) is 31.5 Å². The molecule has 0 saturated carbocycles. The number of piperidine rings is 1. The van der Waals surface area contributed by atoms with Gasteiger partial charge in [0, 0.05) is 12.5 Å². The number of ether oxygens (including phenoxy) is 2. The van der Waals surface area contributed by atoms with Crippen molar-refractivity contribution in [2.45, 2.75) is 19.4 Å². The lowest BCUT2D eigenvalue weighted by molar-refractivity contribution is -0.125. The van der Waals surface area contributed by atoms with E-state index in [2.05, 4.69) is 10.6 Å². The fraction of sp³-hybridized carbons (Fsp3) is 0.533. The number of carbonyl (C=O) groups excluding carboxylic acids is 1. The quantitative estimate of drug-likeness (QED) is 0.869. The molecule has 21 heavy (non-hydrogen) atoms. The summed E-state index contributed by atoms with van der Waals surface area (Å²) in [5.74, 6) is 1.65. The van der Waals surface area contributed by atoms with Crippen molar-refractivity contribution in [1.82, 2.24) is 10.6 Å². The summed E-state index contributed by atoms with van der Waals surface area (Å²) < 4.78 is 10.4. The van der Waals surface area contributed by atoms with Crippen molar-refractivity contribution >= 4 is 18.3 Å². The van der Waals surface area contributed by atoms with Crippen LogP contribution >= 0.6 is 12.4 Å². The van der Waals surface area contributed by atoms with E-state index in [4.69, 9.17) is 9.47 Å². The zero-order valence-electron chi connectivity index (χ0n) is 12.5. The van der Waals surface area contributed by atoms with Gasteiger partial charge in [0.25, 0.3) is 0 Å². The molecule has 1 aromatic carbocycles. The summed E-state index contributed by atoms with van der Waals surface area (Å²) in [6.07, 6.45) is 1.83. The van der Waals surface area contributed by atoms with Crippen molar-refractivity contribution in [3.05, 3.63) is 23.8 Å². The van der Waals surface area contributed by atoms with Gasteiger partial charge in [0.2, 0.25) is 5.91 Å². The Morgan fingerprint density at radius 1 is 1.24 bits per heavy atom. The van der Waals surface area contributed by atoms with Crippen LogP contribution in [-0.4, -0.2) is 33.2 Å². The van der Waals surface area contributed by atoms with Gasteiger partial charge in [0.05, 0.1) is 14.2 Å². The molecule has 0 radical (unpaired) electrons. The van der Waals surface area contributed by atoms with Crippen molar-refractivity contribution in [2.24, 2.45) is 5.92 Å². The number of carbonyl (C=O) groups is 1. The summed E-state index contributed by atoms with van der Waals surface area (Å²) in [7, 11) is 3.21. The number of hydrogen-bond donors (Lipinski definition) is 2. The van der Waals surface area contributed by atoms with Crippen molar-refractivity contribution in [3.8, 4) is 11.5 Å². The van der Waals surface area contributed by atoms with Gasteiger partial charge in [-0.15, -0.1) is 12.4 Å². The first-order valence-electron chi connectivity index (χ1n) is 6.94. The molecule has 0 spiro atoms. The Morgan fingerprint density at radius 2 is 1.90 bits per heavy atom. The Morgan fingerprint density at radius 3 is 2.52 bits per heavy atom. The highest BCUT2D eigenvalue weighted by Gasteiger charge is 2.20. The molecule has 1 fully saturated rings. The molecule has 0 unspecified atom stereocenters. The van der Waals surface area contributed by atoms with E-state index >= 15 is 0 Å². The van der Waals surface area contributed by atoms with Crippen LogP contribution in [0.1, 0.15) is 18.4 Å². The lowest BCUT2D eigenvalue weighted by Crippen LogP contribution is -2.37. The smallest absolute Gasteiger partial charge is 0.223 e. The monoisotopic (exact) mass is 314 g/mol. The van der Waals surface area contributed by atoms with E-state index in [9.17, 15) is 4.79 Å². The largest absolute Gasteiger partial charge is 0.493 e. The number of benzene rings is 1. The van der Waals surface area contributed by atoms with Crippen LogP contribution in [-0.2, 0) is 11.3 Å². The summed E-state index contributed by atoms with van der Waals surface area (Å²) in [6, 6.07) is 5.68. The van der Waals surface area contributed by atoms with Crippen LogP contribution in [0.15, 0.2) is 18.2 Å². The van der Waals surface area contributed by atoms with Gasteiger partial charge in [-0.05, 0) is 43.6 Å². The fourth-order valence-corrected chi connectivity index (χ4v) is 2.41. The molecular weight excluding hydrogens is 292 g/mol.